The molecule has 6 rings (SSSR count). The summed E-state index contributed by atoms with van der Waals surface area (Å²) >= 11 is 0. The van der Waals surface area contributed by atoms with E-state index in [1.54, 1.807) is 23.4 Å². The van der Waals surface area contributed by atoms with Crippen LogP contribution in [0.2, 0.25) is 0 Å². The van der Waals surface area contributed by atoms with Crippen LogP contribution >= 0.6 is 0 Å². The van der Waals surface area contributed by atoms with Gasteiger partial charge in [-0.2, -0.15) is 0 Å². The predicted octanol–water partition coefficient (Wildman–Crippen LogP) is 4.49. The van der Waals surface area contributed by atoms with Gasteiger partial charge in [-0.15, -0.1) is 0 Å². The number of imidazole rings is 1. The van der Waals surface area contributed by atoms with Crippen molar-refractivity contribution in [3.63, 3.8) is 0 Å². The summed E-state index contributed by atoms with van der Waals surface area (Å²) < 4.78 is 34.2. The molecule has 1 aromatic heterocycles. The fourth-order valence-corrected chi connectivity index (χ4v) is 6.46. The van der Waals surface area contributed by atoms with Crippen molar-refractivity contribution in [3.05, 3.63) is 78.1 Å². The summed E-state index contributed by atoms with van der Waals surface area (Å²) in [6, 6.07) is 18.3. The molecule has 0 radical (unpaired) electrons. The molecule has 2 aliphatic rings. The van der Waals surface area contributed by atoms with Crippen LogP contribution in [0.3, 0.4) is 0 Å². The molecule has 1 saturated carbocycles. The van der Waals surface area contributed by atoms with Gasteiger partial charge in [-0.05, 0) is 72.5 Å². The molecule has 1 amide bonds. The van der Waals surface area contributed by atoms with Gasteiger partial charge < -0.3 is 14.6 Å². The number of aromatic amines is 1. The van der Waals surface area contributed by atoms with Crippen LogP contribution in [0, 0.1) is 0 Å². The fourth-order valence-electron chi connectivity index (χ4n) is 5.15. The molecule has 1 fully saturated rings. The van der Waals surface area contributed by atoms with E-state index in [9.17, 15) is 13.2 Å². The minimum absolute atomic E-state index is 0.00484. The van der Waals surface area contributed by atoms with Gasteiger partial charge in [0.05, 0.1) is 28.8 Å². The van der Waals surface area contributed by atoms with Crippen molar-refractivity contribution in [2.24, 2.45) is 0 Å². The number of carbonyl (C=O) groups is 1. The van der Waals surface area contributed by atoms with E-state index in [2.05, 4.69) is 26.8 Å². The Morgan fingerprint density at radius 1 is 1.00 bits per heavy atom. The SMILES string of the molecule is O=C(c1ccc(S(=O)(=O)NC2CCCC2)cc1)N1CCOc2ccc(-c3ccc4nc[nH]c4c3)cc2C1. The third-order valence-electron chi connectivity index (χ3n) is 7.17. The fraction of sp³-hybridized carbons (Fsp3) is 0.286. The predicted molar refractivity (Wildman–Crippen MR) is 141 cm³/mol. The molecule has 37 heavy (non-hydrogen) atoms. The highest BCUT2D eigenvalue weighted by Crippen LogP contribution is 2.31. The highest BCUT2D eigenvalue weighted by atomic mass is 32.2. The van der Waals surface area contributed by atoms with Crippen LogP contribution in [-0.4, -0.2) is 48.4 Å². The third-order valence-corrected chi connectivity index (χ3v) is 8.71. The van der Waals surface area contributed by atoms with E-state index in [4.69, 9.17) is 4.74 Å². The summed E-state index contributed by atoms with van der Waals surface area (Å²) in [5.74, 6) is 0.606. The Bertz CT molecular complexity index is 1560. The number of fused-ring (bicyclic) bond motifs is 2. The highest BCUT2D eigenvalue weighted by Gasteiger charge is 2.25. The number of rotatable bonds is 5. The molecule has 3 aromatic carbocycles. The van der Waals surface area contributed by atoms with Crippen LogP contribution in [0.5, 0.6) is 5.75 Å². The molecule has 1 aliphatic carbocycles. The van der Waals surface area contributed by atoms with Gasteiger partial charge in [-0.3, -0.25) is 4.79 Å². The molecule has 1 aliphatic heterocycles. The topological polar surface area (TPSA) is 104 Å². The Labute approximate surface area is 215 Å². The molecular weight excluding hydrogens is 488 g/mol. The van der Waals surface area contributed by atoms with Crippen LogP contribution in [-0.2, 0) is 16.6 Å². The number of ether oxygens (including phenoxy) is 1. The molecule has 9 heteroatoms. The Balaban J connectivity index is 1.21. The first-order valence-corrected chi connectivity index (χ1v) is 14.1. The van der Waals surface area contributed by atoms with Gasteiger partial charge in [-0.25, -0.2) is 18.1 Å². The smallest absolute Gasteiger partial charge is 0.254 e. The van der Waals surface area contributed by atoms with E-state index in [-0.39, 0.29) is 16.8 Å². The lowest BCUT2D eigenvalue weighted by molar-refractivity contribution is 0.0733. The molecule has 2 N–H and O–H groups in total. The van der Waals surface area contributed by atoms with Gasteiger partial charge in [0.15, 0.2) is 0 Å². The summed E-state index contributed by atoms with van der Waals surface area (Å²) in [6.45, 7) is 1.22. The lowest BCUT2D eigenvalue weighted by Gasteiger charge is -2.20. The van der Waals surface area contributed by atoms with E-state index in [1.165, 1.54) is 12.1 Å². The Hall–Kier alpha value is -3.69. The quantitative estimate of drug-likeness (QED) is 0.407. The van der Waals surface area contributed by atoms with Crippen molar-refractivity contribution in [1.82, 2.24) is 19.6 Å². The molecule has 8 nitrogen and oxygen atoms in total. The normalized spacial score (nSPS) is 16.4. The Morgan fingerprint density at radius 2 is 1.76 bits per heavy atom. The monoisotopic (exact) mass is 516 g/mol. The number of amides is 1. The molecule has 0 atom stereocenters. The van der Waals surface area contributed by atoms with Gasteiger partial charge in [0.25, 0.3) is 5.91 Å². The first-order valence-electron chi connectivity index (χ1n) is 12.6. The van der Waals surface area contributed by atoms with E-state index < -0.39 is 10.0 Å². The van der Waals surface area contributed by atoms with Crippen LogP contribution in [0.25, 0.3) is 22.2 Å². The van der Waals surface area contributed by atoms with Crippen LogP contribution in [0.1, 0.15) is 41.6 Å². The van der Waals surface area contributed by atoms with E-state index in [0.717, 1.165) is 59.2 Å². The minimum Gasteiger partial charge on any atom is -0.491 e. The number of nitrogens with one attached hydrogen (secondary N) is 2. The van der Waals surface area contributed by atoms with Crippen molar-refractivity contribution in [2.45, 2.75) is 43.2 Å². The first-order chi connectivity index (χ1) is 18.0. The number of sulfonamides is 1. The largest absolute Gasteiger partial charge is 0.491 e. The number of benzene rings is 3. The van der Waals surface area contributed by atoms with Crippen molar-refractivity contribution in [1.29, 1.82) is 0 Å². The van der Waals surface area contributed by atoms with Crippen molar-refractivity contribution >= 4 is 27.0 Å². The zero-order valence-electron chi connectivity index (χ0n) is 20.3. The zero-order chi connectivity index (χ0) is 25.4. The zero-order valence-corrected chi connectivity index (χ0v) is 21.1. The van der Waals surface area contributed by atoms with Crippen LogP contribution in [0.4, 0.5) is 0 Å². The van der Waals surface area contributed by atoms with Crippen LogP contribution < -0.4 is 9.46 Å². The summed E-state index contributed by atoms with van der Waals surface area (Å²) in [5.41, 5.74) is 5.32. The third kappa shape index (κ3) is 4.84. The van der Waals surface area contributed by atoms with Gasteiger partial charge in [0.2, 0.25) is 10.0 Å². The van der Waals surface area contributed by atoms with E-state index in [0.29, 0.717) is 25.3 Å². The van der Waals surface area contributed by atoms with Crippen molar-refractivity contribution in [2.75, 3.05) is 13.2 Å². The summed E-state index contributed by atoms with van der Waals surface area (Å²) in [4.78, 5) is 22.7. The van der Waals surface area contributed by atoms with Gasteiger partial charge >= 0.3 is 0 Å². The molecule has 0 saturated heterocycles. The van der Waals surface area contributed by atoms with E-state index in [1.807, 2.05) is 24.3 Å². The molecule has 0 spiro atoms. The lowest BCUT2D eigenvalue weighted by Crippen LogP contribution is -2.33. The molecule has 0 unspecified atom stereocenters. The molecule has 2 heterocycles. The minimum atomic E-state index is -3.60. The maximum Gasteiger partial charge on any atom is 0.254 e. The van der Waals surface area contributed by atoms with Crippen molar-refractivity contribution < 1.29 is 17.9 Å². The Morgan fingerprint density at radius 3 is 2.57 bits per heavy atom. The standard InChI is InChI=1S/C28H28N4O4S/c33-28(19-5-9-24(10-6-19)37(34,35)31-23-3-1-2-4-23)32-13-14-36-27-12-8-20(15-22(27)17-32)21-7-11-25-26(16-21)30-18-29-25/h5-12,15-16,18,23,31H,1-4,13-14,17H2,(H,29,30). The second-order valence-electron chi connectivity index (χ2n) is 9.66. The number of hydrogen-bond donors (Lipinski definition) is 2. The molecular formula is C28H28N4O4S. The second-order valence-corrected chi connectivity index (χ2v) is 11.4. The highest BCUT2D eigenvalue weighted by molar-refractivity contribution is 7.89. The van der Waals surface area contributed by atoms with Crippen molar-refractivity contribution in [3.8, 4) is 16.9 Å². The lowest BCUT2D eigenvalue weighted by atomic mass is 10.0. The number of carbonyl (C=O) groups excluding carboxylic acids is 1. The summed E-state index contributed by atoms with van der Waals surface area (Å²) in [5, 5.41) is 0. The number of nitrogens with zero attached hydrogens (tertiary/aromatic N) is 2. The number of hydrogen-bond acceptors (Lipinski definition) is 5. The molecule has 4 aromatic rings. The second kappa shape index (κ2) is 9.64. The number of aromatic nitrogens is 2. The summed E-state index contributed by atoms with van der Waals surface area (Å²) in [7, 11) is -3.60. The molecule has 0 bridgehead atoms. The van der Waals surface area contributed by atoms with Gasteiger partial charge in [-0.1, -0.05) is 25.0 Å². The molecule has 190 valence electrons. The average Bonchev–Trinajstić information content (AvgIpc) is 3.55. The average molecular weight is 517 g/mol. The van der Waals surface area contributed by atoms with E-state index >= 15 is 0 Å². The number of H-pyrrole nitrogens is 1. The maximum absolute atomic E-state index is 13.4. The summed E-state index contributed by atoms with van der Waals surface area (Å²) in [6.07, 6.45) is 5.51. The van der Waals surface area contributed by atoms with Crippen LogP contribution in [0.15, 0.2) is 71.9 Å². The van der Waals surface area contributed by atoms with Gasteiger partial charge in [0.1, 0.15) is 12.4 Å². The van der Waals surface area contributed by atoms with Gasteiger partial charge in [0, 0.05) is 23.7 Å². The Kier molecular flexibility index (Phi) is 6.18. The maximum atomic E-state index is 13.4. The first kappa shape index (κ1) is 23.7.